The van der Waals surface area contributed by atoms with Gasteiger partial charge in [-0.3, -0.25) is 0 Å². The van der Waals surface area contributed by atoms with E-state index in [-0.39, 0.29) is 11.6 Å². The Labute approximate surface area is 178 Å². The summed E-state index contributed by atoms with van der Waals surface area (Å²) >= 11 is 0. The van der Waals surface area contributed by atoms with Crippen LogP contribution in [0.3, 0.4) is 0 Å². The third-order valence-electron chi connectivity index (χ3n) is 5.48. The number of rotatable bonds is 8. The van der Waals surface area contributed by atoms with Crippen molar-refractivity contribution in [1.29, 1.82) is 0 Å². The molecule has 1 heterocycles. The van der Waals surface area contributed by atoms with Crippen LogP contribution in [0.25, 0.3) is 0 Å². The van der Waals surface area contributed by atoms with Crippen LogP contribution in [-0.2, 0) is 6.42 Å². The van der Waals surface area contributed by atoms with Gasteiger partial charge in [0.2, 0.25) is 0 Å². The van der Waals surface area contributed by atoms with Crippen molar-refractivity contribution in [3.05, 3.63) is 94.8 Å². The van der Waals surface area contributed by atoms with E-state index >= 15 is 0 Å². The van der Waals surface area contributed by atoms with Crippen LogP contribution in [0.4, 0.5) is 8.78 Å². The average Bonchev–Trinajstić information content (AvgIpc) is 2.72. The summed E-state index contributed by atoms with van der Waals surface area (Å²) in [5.74, 6) is 0.736. The van der Waals surface area contributed by atoms with Crippen LogP contribution in [0.5, 0.6) is 0 Å². The maximum atomic E-state index is 14.2. The van der Waals surface area contributed by atoms with Crippen LogP contribution in [0.15, 0.2) is 77.1 Å². The lowest BCUT2D eigenvalue weighted by Crippen LogP contribution is -2.36. The zero-order chi connectivity index (χ0) is 21.7. The summed E-state index contributed by atoms with van der Waals surface area (Å²) < 4.78 is 28.2. The second-order valence-electron chi connectivity index (χ2n) is 8.10. The summed E-state index contributed by atoms with van der Waals surface area (Å²) in [5, 5.41) is 0. The Balaban J connectivity index is 1.98. The minimum Gasteiger partial charge on any atom is -0.326 e. The maximum Gasteiger partial charge on any atom is 0.140 e. The molecule has 1 aliphatic rings. The summed E-state index contributed by atoms with van der Waals surface area (Å²) in [4.78, 5) is 7.00. The van der Waals surface area contributed by atoms with Crippen molar-refractivity contribution in [2.24, 2.45) is 10.9 Å². The lowest BCUT2D eigenvalue weighted by molar-refractivity contribution is 0.496. The minimum atomic E-state index is -0.302. The summed E-state index contributed by atoms with van der Waals surface area (Å²) in [7, 11) is 0. The molecule has 0 bridgehead atoms. The van der Waals surface area contributed by atoms with Gasteiger partial charge in [0.1, 0.15) is 17.5 Å². The van der Waals surface area contributed by atoms with Crippen LogP contribution in [0.2, 0.25) is 0 Å². The van der Waals surface area contributed by atoms with E-state index in [0.29, 0.717) is 35.8 Å². The van der Waals surface area contributed by atoms with E-state index in [1.165, 1.54) is 18.2 Å². The highest BCUT2D eigenvalue weighted by Crippen LogP contribution is 2.32. The van der Waals surface area contributed by atoms with Gasteiger partial charge in [-0.15, -0.1) is 0 Å². The van der Waals surface area contributed by atoms with Crippen molar-refractivity contribution < 1.29 is 8.78 Å². The van der Waals surface area contributed by atoms with Crippen molar-refractivity contribution in [2.75, 3.05) is 6.54 Å². The van der Waals surface area contributed by atoms with Crippen molar-refractivity contribution in [2.45, 2.75) is 46.5 Å². The van der Waals surface area contributed by atoms with E-state index in [2.05, 4.69) is 27.4 Å². The van der Waals surface area contributed by atoms with E-state index in [9.17, 15) is 8.78 Å². The molecular formula is C26H30F2N2. The highest BCUT2D eigenvalue weighted by atomic mass is 19.1. The fourth-order valence-electron chi connectivity index (χ4n) is 3.78. The normalized spacial score (nSPS) is 14.5. The number of allylic oxidation sites excluding steroid dienone is 2. The molecule has 1 aliphatic heterocycles. The summed E-state index contributed by atoms with van der Waals surface area (Å²) in [5.41, 5.74) is 4.39. The number of hydrogen-bond donors (Lipinski definition) is 0. The van der Waals surface area contributed by atoms with E-state index in [4.69, 9.17) is 4.99 Å². The number of nitrogens with zero attached hydrogens (tertiary/aromatic N) is 2. The third kappa shape index (κ3) is 5.05. The summed E-state index contributed by atoms with van der Waals surface area (Å²) in [6.45, 7) is 11.4. The van der Waals surface area contributed by atoms with Gasteiger partial charge in [-0.1, -0.05) is 57.7 Å². The number of aliphatic imine (C=N–C) groups is 1. The van der Waals surface area contributed by atoms with E-state index < -0.39 is 0 Å². The standard InChI is InChI=1S/C26H30F2N2/c1-5-23-19(4)30(16-15-20-9-6-7-12-24(20)28)26(21-10-8-11-22(27)17-21)29-25(23)14-13-18(2)3/h6-12,17-18H,4-5,13-16H2,1-3H3. The zero-order valence-electron chi connectivity index (χ0n) is 18.1. The number of benzene rings is 2. The molecule has 3 rings (SSSR count). The largest absolute Gasteiger partial charge is 0.326 e. The molecule has 0 N–H and O–H groups in total. The van der Waals surface area contributed by atoms with Crippen LogP contribution in [-0.4, -0.2) is 17.3 Å². The molecule has 158 valence electrons. The molecule has 2 nitrogen and oxygen atoms in total. The second-order valence-corrected chi connectivity index (χ2v) is 8.10. The van der Waals surface area contributed by atoms with Crippen LogP contribution < -0.4 is 0 Å². The Morgan fingerprint density at radius 2 is 1.80 bits per heavy atom. The molecule has 0 amide bonds. The first-order valence-corrected chi connectivity index (χ1v) is 10.7. The molecule has 0 saturated carbocycles. The smallest absolute Gasteiger partial charge is 0.140 e. The molecule has 2 aromatic rings. The Morgan fingerprint density at radius 3 is 2.47 bits per heavy atom. The SMILES string of the molecule is C=C1C(CC)=C(CCC(C)C)N=C(c2cccc(F)c2)N1CCc1ccccc1F. The van der Waals surface area contributed by atoms with Gasteiger partial charge in [0.25, 0.3) is 0 Å². The first-order chi connectivity index (χ1) is 14.4. The van der Waals surface area contributed by atoms with Gasteiger partial charge < -0.3 is 4.90 Å². The molecule has 0 saturated heterocycles. The predicted molar refractivity (Wildman–Crippen MR) is 120 cm³/mol. The number of halogens is 2. The summed E-state index contributed by atoms with van der Waals surface area (Å²) in [6, 6.07) is 13.3. The Hall–Kier alpha value is -2.75. The van der Waals surface area contributed by atoms with Crippen LogP contribution in [0, 0.1) is 17.6 Å². The molecule has 30 heavy (non-hydrogen) atoms. The van der Waals surface area contributed by atoms with Gasteiger partial charge in [-0.2, -0.15) is 0 Å². The van der Waals surface area contributed by atoms with Crippen molar-refractivity contribution in [3.8, 4) is 0 Å². The number of hydrogen-bond acceptors (Lipinski definition) is 2. The predicted octanol–water partition coefficient (Wildman–Crippen LogP) is 6.88. The van der Waals surface area contributed by atoms with Gasteiger partial charge in [-0.25, -0.2) is 13.8 Å². The fourth-order valence-corrected chi connectivity index (χ4v) is 3.78. The highest BCUT2D eigenvalue weighted by Gasteiger charge is 2.26. The zero-order valence-corrected chi connectivity index (χ0v) is 18.1. The topological polar surface area (TPSA) is 15.6 Å². The quantitative estimate of drug-likeness (QED) is 0.465. The summed E-state index contributed by atoms with van der Waals surface area (Å²) in [6.07, 6.45) is 3.22. The van der Waals surface area contributed by atoms with Crippen LogP contribution >= 0.6 is 0 Å². The van der Waals surface area contributed by atoms with Gasteiger partial charge >= 0.3 is 0 Å². The maximum absolute atomic E-state index is 14.2. The highest BCUT2D eigenvalue weighted by molar-refractivity contribution is 6.01. The minimum absolute atomic E-state index is 0.215. The van der Waals surface area contributed by atoms with Gasteiger partial charge in [0.05, 0.1) is 0 Å². The van der Waals surface area contributed by atoms with Crippen molar-refractivity contribution >= 4 is 5.84 Å². The third-order valence-corrected chi connectivity index (χ3v) is 5.48. The molecule has 4 heteroatoms. The Morgan fingerprint density at radius 1 is 1.03 bits per heavy atom. The number of amidine groups is 1. The van der Waals surface area contributed by atoms with E-state index in [0.717, 1.165) is 36.2 Å². The molecule has 0 radical (unpaired) electrons. The first kappa shape index (κ1) is 21.9. The van der Waals surface area contributed by atoms with Crippen molar-refractivity contribution in [3.63, 3.8) is 0 Å². The van der Waals surface area contributed by atoms with Gasteiger partial charge in [0.15, 0.2) is 0 Å². The lowest BCUT2D eigenvalue weighted by atomic mass is 9.97. The fraction of sp³-hybridized carbons (Fsp3) is 0.346. The molecular weight excluding hydrogens is 378 g/mol. The molecule has 0 fully saturated rings. The van der Waals surface area contributed by atoms with Gasteiger partial charge in [-0.05, 0) is 60.9 Å². The molecule has 0 atom stereocenters. The van der Waals surface area contributed by atoms with E-state index in [1.807, 2.05) is 17.0 Å². The Kier molecular flexibility index (Phi) is 7.20. The van der Waals surface area contributed by atoms with Gasteiger partial charge in [0, 0.05) is 23.5 Å². The molecule has 0 aliphatic carbocycles. The lowest BCUT2D eigenvalue weighted by Gasteiger charge is -2.34. The molecule has 0 unspecified atom stereocenters. The molecule has 0 aromatic heterocycles. The van der Waals surface area contributed by atoms with Crippen LogP contribution in [0.1, 0.15) is 51.2 Å². The molecule has 0 spiro atoms. The van der Waals surface area contributed by atoms with E-state index in [1.54, 1.807) is 18.2 Å². The monoisotopic (exact) mass is 408 g/mol. The van der Waals surface area contributed by atoms with Crippen molar-refractivity contribution in [1.82, 2.24) is 4.90 Å². The first-order valence-electron chi connectivity index (χ1n) is 10.7. The second kappa shape index (κ2) is 9.84. The Bertz CT molecular complexity index is 973. The molecule has 2 aromatic carbocycles. The average molecular weight is 409 g/mol.